The molecule has 0 N–H and O–H groups in total. The molecule has 2 aliphatic carbocycles. The summed E-state index contributed by atoms with van der Waals surface area (Å²) in [5.74, 6) is 1.93. The molecule has 2 aliphatic rings. The van der Waals surface area contributed by atoms with Crippen LogP contribution >= 0.6 is 0 Å². The van der Waals surface area contributed by atoms with Crippen LogP contribution in [0.1, 0.15) is 126 Å². The Morgan fingerprint density at radius 1 is 0.489 bits per heavy atom. The van der Waals surface area contributed by atoms with Crippen LogP contribution in [0.15, 0.2) is 96.1 Å². The van der Waals surface area contributed by atoms with E-state index in [1.165, 1.54) is 67.7 Å². The van der Waals surface area contributed by atoms with Crippen LogP contribution in [0.3, 0.4) is 0 Å². The average molecular weight is 635 g/mol. The van der Waals surface area contributed by atoms with Gasteiger partial charge in [-0.25, -0.2) is 0 Å². The number of hydrogen-bond donors (Lipinski definition) is 0. The summed E-state index contributed by atoms with van der Waals surface area (Å²) in [7, 11) is 0.887. The molecule has 242 valence electrons. The second-order valence-corrected chi connectivity index (χ2v) is 17.9. The van der Waals surface area contributed by atoms with Crippen molar-refractivity contribution in [2.45, 2.75) is 105 Å². The first-order valence-corrected chi connectivity index (χ1v) is 19.3. The zero-order valence-corrected chi connectivity index (χ0v) is 31.5. The number of allylic oxidation sites excluding steroid dienone is 2. The molecule has 0 heterocycles. The van der Waals surface area contributed by atoms with Crippen molar-refractivity contribution in [1.82, 2.24) is 0 Å². The van der Waals surface area contributed by atoms with Gasteiger partial charge in [-0.15, -0.1) is 0 Å². The van der Waals surface area contributed by atoms with Crippen LogP contribution in [0.2, 0.25) is 12.1 Å². The van der Waals surface area contributed by atoms with Crippen LogP contribution in [-0.4, -0.2) is 9.52 Å². The Labute approximate surface area is 288 Å². The zero-order chi connectivity index (χ0) is 33.7. The Morgan fingerprint density at radius 3 is 1.21 bits per heavy atom. The van der Waals surface area contributed by atoms with Gasteiger partial charge in [-0.05, 0) is 78.3 Å². The predicted molar refractivity (Wildman–Crippen MR) is 208 cm³/mol. The SMILES string of the molecule is CC(C)c1ccccc1-c1cccc2c1C=C(C(C)(C)C)C2C[Si]CC1C(C(C)(C)C)=Cc2c(-c3ccccc3C(C)C)cccc21. The minimum absolute atomic E-state index is 0.123. The Balaban J connectivity index is 1.33. The predicted octanol–water partition coefficient (Wildman–Crippen LogP) is 13.6. The molecule has 0 saturated heterocycles. The maximum absolute atomic E-state index is 2.57. The van der Waals surface area contributed by atoms with Gasteiger partial charge in [-0.2, -0.15) is 0 Å². The molecule has 0 spiro atoms. The van der Waals surface area contributed by atoms with E-state index in [-0.39, 0.29) is 10.8 Å². The van der Waals surface area contributed by atoms with E-state index in [1.54, 1.807) is 11.1 Å². The molecule has 2 unspecified atom stereocenters. The van der Waals surface area contributed by atoms with Crippen LogP contribution in [0.4, 0.5) is 0 Å². The number of rotatable bonds is 8. The minimum atomic E-state index is 0.123. The first kappa shape index (κ1) is 33.5. The number of fused-ring (bicyclic) bond motifs is 2. The van der Waals surface area contributed by atoms with E-state index in [2.05, 4.69) is 166 Å². The summed E-state index contributed by atoms with van der Waals surface area (Å²) in [6, 6.07) is 34.7. The van der Waals surface area contributed by atoms with E-state index >= 15 is 0 Å². The summed E-state index contributed by atoms with van der Waals surface area (Å²) >= 11 is 0. The normalized spacial score (nSPS) is 17.6. The van der Waals surface area contributed by atoms with Crippen molar-refractivity contribution in [2.24, 2.45) is 10.8 Å². The monoisotopic (exact) mass is 634 g/mol. The van der Waals surface area contributed by atoms with Crippen molar-refractivity contribution < 1.29 is 0 Å². The fourth-order valence-corrected chi connectivity index (χ4v) is 9.82. The second-order valence-electron chi connectivity index (χ2n) is 16.6. The molecule has 0 nitrogen and oxygen atoms in total. The summed E-state index contributed by atoms with van der Waals surface area (Å²) in [6.07, 6.45) is 5.14. The lowest BCUT2D eigenvalue weighted by Crippen LogP contribution is -2.18. The summed E-state index contributed by atoms with van der Waals surface area (Å²) in [5.41, 5.74) is 17.9. The van der Waals surface area contributed by atoms with E-state index in [9.17, 15) is 0 Å². The highest BCUT2D eigenvalue weighted by atomic mass is 28.2. The first-order chi connectivity index (χ1) is 22.3. The number of hydrogen-bond acceptors (Lipinski definition) is 0. The highest BCUT2D eigenvalue weighted by molar-refractivity contribution is 6.36. The standard InChI is InChI=1S/C46H54Si/c1-29(2)31-17-11-13-19-33(31)35-21-15-23-37-39(35)25-43(45(5,6)7)41(37)27-47-28-42-38-24-16-22-36(40(38)26-44(42)46(8,9)10)34-20-14-12-18-32(34)30(3)4/h11-26,29-30,41-42H,27-28H2,1-10H3. The van der Waals surface area contributed by atoms with Crippen molar-refractivity contribution in [3.8, 4) is 22.3 Å². The lowest BCUT2D eigenvalue weighted by Gasteiger charge is -2.30. The van der Waals surface area contributed by atoms with E-state index in [4.69, 9.17) is 0 Å². The van der Waals surface area contributed by atoms with Gasteiger partial charge in [0.25, 0.3) is 0 Å². The maximum Gasteiger partial charge on any atom is 0.0397 e. The van der Waals surface area contributed by atoms with Gasteiger partial charge in [0.2, 0.25) is 0 Å². The Morgan fingerprint density at radius 2 is 0.851 bits per heavy atom. The Kier molecular flexibility index (Phi) is 9.18. The van der Waals surface area contributed by atoms with Crippen LogP contribution < -0.4 is 0 Å². The molecule has 4 aromatic rings. The third-order valence-corrected chi connectivity index (χ3v) is 11.9. The van der Waals surface area contributed by atoms with Gasteiger partial charge in [0.05, 0.1) is 0 Å². The minimum Gasteiger partial charge on any atom is -0.0619 e. The van der Waals surface area contributed by atoms with Gasteiger partial charge in [-0.1, -0.05) is 190 Å². The van der Waals surface area contributed by atoms with Crippen molar-refractivity contribution in [3.63, 3.8) is 0 Å². The van der Waals surface area contributed by atoms with Crippen molar-refractivity contribution in [1.29, 1.82) is 0 Å². The topological polar surface area (TPSA) is 0 Å². The van der Waals surface area contributed by atoms with E-state index < -0.39 is 0 Å². The zero-order valence-electron chi connectivity index (χ0n) is 30.5. The van der Waals surface area contributed by atoms with Crippen molar-refractivity contribution in [2.75, 3.05) is 0 Å². The first-order valence-electron chi connectivity index (χ1n) is 17.9. The fraction of sp³-hybridized carbons (Fsp3) is 0.391. The molecule has 0 bridgehead atoms. The molecule has 0 fully saturated rings. The van der Waals surface area contributed by atoms with E-state index in [1.807, 2.05) is 0 Å². The van der Waals surface area contributed by atoms with Crippen molar-refractivity contribution >= 4 is 21.7 Å². The molecule has 2 atom stereocenters. The molecular formula is C46H54Si. The summed E-state index contributed by atoms with van der Waals surface area (Å²) in [4.78, 5) is 0. The lowest BCUT2D eigenvalue weighted by atomic mass is 9.79. The molecule has 0 saturated carbocycles. The molecule has 2 radical (unpaired) electrons. The molecule has 6 rings (SSSR count). The highest BCUT2D eigenvalue weighted by Gasteiger charge is 2.36. The summed E-state index contributed by atoms with van der Waals surface area (Å²) < 4.78 is 0. The van der Waals surface area contributed by atoms with E-state index in [0.717, 1.165) is 9.52 Å². The van der Waals surface area contributed by atoms with Gasteiger partial charge in [0.15, 0.2) is 0 Å². The molecule has 0 aliphatic heterocycles. The third kappa shape index (κ3) is 6.41. The molecule has 4 aromatic carbocycles. The molecule has 0 amide bonds. The quantitative estimate of drug-likeness (QED) is 0.169. The molecule has 1 heteroatoms. The highest BCUT2D eigenvalue weighted by Crippen LogP contribution is 2.52. The van der Waals surface area contributed by atoms with Gasteiger partial charge in [0, 0.05) is 21.4 Å². The largest absolute Gasteiger partial charge is 0.0619 e. The lowest BCUT2D eigenvalue weighted by molar-refractivity contribution is 0.475. The Bertz CT molecular complexity index is 1700. The van der Waals surface area contributed by atoms with Gasteiger partial charge in [-0.3, -0.25) is 0 Å². The van der Waals surface area contributed by atoms with Crippen LogP contribution in [0.25, 0.3) is 34.4 Å². The van der Waals surface area contributed by atoms with Gasteiger partial charge < -0.3 is 0 Å². The summed E-state index contributed by atoms with van der Waals surface area (Å²) in [6.45, 7) is 23.7. The Hall–Kier alpha value is -3.42. The molecule has 47 heavy (non-hydrogen) atoms. The maximum atomic E-state index is 2.57. The van der Waals surface area contributed by atoms with Crippen LogP contribution in [0, 0.1) is 10.8 Å². The third-order valence-electron chi connectivity index (χ3n) is 10.6. The van der Waals surface area contributed by atoms with Crippen LogP contribution in [0.5, 0.6) is 0 Å². The van der Waals surface area contributed by atoms with Crippen LogP contribution in [-0.2, 0) is 0 Å². The van der Waals surface area contributed by atoms with Gasteiger partial charge in [0.1, 0.15) is 0 Å². The van der Waals surface area contributed by atoms with Gasteiger partial charge >= 0.3 is 0 Å². The molecular weight excluding hydrogens is 581 g/mol. The number of benzene rings is 4. The van der Waals surface area contributed by atoms with E-state index in [0.29, 0.717) is 23.7 Å². The van der Waals surface area contributed by atoms with Crippen molar-refractivity contribution in [3.05, 3.63) is 129 Å². The molecule has 0 aromatic heterocycles. The fourth-order valence-electron chi connectivity index (χ4n) is 8.19. The second kappa shape index (κ2) is 12.9. The summed E-state index contributed by atoms with van der Waals surface area (Å²) in [5, 5.41) is 0. The smallest absolute Gasteiger partial charge is 0.0397 e. The average Bonchev–Trinajstić information content (AvgIpc) is 3.60.